The normalized spacial score (nSPS) is 9.95. The van der Waals surface area contributed by atoms with E-state index in [1.165, 1.54) is 12.1 Å². The van der Waals surface area contributed by atoms with Gasteiger partial charge in [-0.15, -0.1) is 0 Å². The smallest absolute Gasteiger partial charge is 0.310 e. The van der Waals surface area contributed by atoms with Crippen LogP contribution >= 0.6 is 0 Å². The lowest BCUT2D eigenvalue weighted by Gasteiger charge is -2.07. The maximum Gasteiger partial charge on any atom is 0.310 e. The number of carbonyl (C=O) groups is 1. The van der Waals surface area contributed by atoms with Crippen LogP contribution in [0.25, 0.3) is 0 Å². The van der Waals surface area contributed by atoms with Crippen molar-refractivity contribution in [3.8, 4) is 5.75 Å². The predicted molar refractivity (Wildman–Crippen MR) is 70.1 cm³/mol. The minimum atomic E-state index is -0.542. The maximum absolute atomic E-state index is 11.4. The number of nitrogens with zero attached hydrogens (tertiary/aromatic N) is 1. The summed E-state index contributed by atoms with van der Waals surface area (Å²) in [7, 11) is 1.83. The lowest BCUT2D eigenvalue weighted by Crippen LogP contribution is -2.31. The molecule has 0 bridgehead atoms. The zero-order valence-corrected chi connectivity index (χ0v) is 10.7. The molecule has 0 saturated heterocycles. The van der Waals surface area contributed by atoms with E-state index in [0.717, 1.165) is 13.0 Å². The van der Waals surface area contributed by atoms with Crippen LogP contribution in [0.15, 0.2) is 24.3 Å². The molecule has 0 unspecified atom stereocenters. The van der Waals surface area contributed by atoms with E-state index in [-0.39, 0.29) is 24.0 Å². The van der Waals surface area contributed by atoms with Crippen molar-refractivity contribution in [3.63, 3.8) is 0 Å². The molecule has 0 saturated carbocycles. The number of nitrogens with one attached hydrogen (secondary N) is 2. The third-order valence-electron chi connectivity index (χ3n) is 2.35. The molecule has 1 aromatic rings. The molecule has 0 spiro atoms. The van der Waals surface area contributed by atoms with Gasteiger partial charge in [0.15, 0.2) is 12.4 Å². The van der Waals surface area contributed by atoms with Crippen molar-refractivity contribution in [1.29, 1.82) is 0 Å². The van der Waals surface area contributed by atoms with Crippen molar-refractivity contribution in [2.24, 2.45) is 0 Å². The number of hydrogen-bond donors (Lipinski definition) is 2. The number of amides is 1. The monoisotopic (exact) mass is 267 g/mol. The van der Waals surface area contributed by atoms with Crippen molar-refractivity contribution in [2.75, 3.05) is 26.7 Å². The number of nitro benzene ring substituents is 1. The molecule has 7 heteroatoms. The molecule has 0 heterocycles. The van der Waals surface area contributed by atoms with Gasteiger partial charge >= 0.3 is 5.69 Å². The molecule has 0 radical (unpaired) electrons. The van der Waals surface area contributed by atoms with Gasteiger partial charge in [0.2, 0.25) is 0 Å². The number of ether oxygens (including phenoxy) is 1. The second kappa shape index (κ2) is 8.04. The molecule has 2 N–H and O–H groups in total. The van der Waals surface area contributed by atoms with Crippen LogP contribution in [0, 0.1) is 10.1 Å². The van der Waals surface area contributed by atoms with Gasteiger partial charge in [-0.05, 0) is 26.1 Å². The van der Waals surface area contributed by atoms with Gasteiger partial charge in [-0.2, -0.15) is 0 Å². The van der Waals surface area contributed by atoms with Gasteiger partial charge in [0, 0.05) is 12.6 Å². The zero-order chi connectivity index (χ0) is 14.1. The first-order valence-electron chi connectivity index (χ1n) is 5.92. The van der Waals surface area contributed by atoms with Gasteiger partial charge in [0.25, 0.3) is 5.91 Å². The summed E-state index contributed by atoms with van der Waals surface area (Å²) in [6, 6.07) is 5.96. The highest BCUT2D eigenvalue weighted by Gasteiger charge is 2.14. The van der Waals surface area contributed by atoms with E-state index in [9.17, 15) is 14.9 Å². The standard InChI is InChI=1S/C12H17N3O4/c1-13-7-4-8-14-12(16)9-19-11-6-3-2-5-10(11)15(17)18/h2-3,5-6,13H,4,7-9H2,1H3,(H,14,16). The third-order valence-corrected chi connectivity index (χ3v) is 2.35. The Morgan fingerprint density at radius 2 is 2.11 bits per heavy atom. The van der Waals surface area contributed by atoms with Gasteiger partial charge in [-0.25, -0.2) is 0 Å². The Morgan fingerprint density at radius 3 is 2.79 bits per heavy atom. The topological polar surface area (TPSA) is 93.5 Å². The highest BCUT2D eigenvalue weighted by atomic mass is 16.6. The fourth-order valence-electron chi connectivity index (χ4n) is 1.42. The lowest BCUT2D eigenvalue weighted by atomic mass is 10.3. The molecule has 0 atom stereocenters. The number of carbonyl (C=O) groups excluding carboxylic acids is 1. The number of rotatable bonds is 8. The molecule has 0 aliphatic heterocycles. The third kappa shape index (κ3) is 5.35. The van der Waals surface area contributed by atoms with Crippen molar-refractivity contribution < 1.29 is 14.5 Å². The molecule has 1 rings (SSSR count). The Bertz CT molecular complexity index is 437. The molecule has 1 aromatic carbocycles. The Hall–Kier alpha value is -2.15. The average Bonchev–Trinajstić information content (AvgIpc) is 2.41. The average molecular weight is 267 g/mol. The van der Waals surface area contributed by atoms with Gasteiger partial charge in [0.05, 0.1) is 4.92 Å². The second-order valence-electron chi connectivity index (χ2n) is 3.82. The van der Waals surface area contributed by atoms with Gasteiger partial charge in [-0.1, -0.05) is 12.1 Å². The Kier molecular flexibility index (Phi) is 6.31. The summed E-state index contributed by atoms with van der Waals surface area (Å²) in [5.74, 6) is -0.202. The summed E-state index contributed by atoms with van der Waals surface area (Å²) in [6.45, 7) is 1.12. The first-order valence-corrected chi connectivity index (χ1v) is 5.92. The van der Waals surface area contributed by atoms with E-state index in [2.05, 4.69) is 10.6 Å². The van der Waals surface area contributed by atoms with Crippen LogP contribution in [0.4, 0.5) is 5.69 Å². The van der Waals surface area contributed by atoms with E-state index in [4.69, 9.17) is 4.74 Å². The second-order valence-corrected chi connectivity index (χ2v) is 3.82. The zero-order valence-electron chi connectivity index (χ0n) is 10.7. The molecule has 0 aliphatic carbocycles. The molecule has 0 fully saturated rings. The van der Waals surface area contributed by atoms with E-state index < -0.39 is 4.92 Å². The Labute approximate surface area is 111 Å². The number of para-hydroxylation sites is 2. The van der Waals surface area contributed by atoms with Crippen LogP contribution in [0.5, 0.6) is 5.75 Å². The van der Waals surface area contributed by atoms with Crippen LogP contribution in [0.2, 0.25) is 0 Å². The van der Waals surface area contributed by atoms with Gasteiger partial charge < -0.3 is 15.4 Å². The molecule has 0 aliphatic rings. The van der Waals surface area contributed by atoms with Crippen molar-refractivity contribution in [3.05, 3.63) is 34.4 Å². The van der Waals surface area contributed by atoms with Crippen molar-refractivity contribution in [1.82, 2.24) is 10.6 Å². The van der Waals surface area contributed by atoms with Crippen LogP contribution in [-0.4, -0.2) is 37.6 Å². The maximum atomic E-state index is 11.4. The molecular formula is C12H17N3O4. The fourth-order valence-corrected chi connectivity index (χ4v) is 1.42. The number of benzene rings is 1. The van der Waals surface area contributed by atoms with Crippen LogP contribution in [0.3, 0.4) is 0 Å². The number of nitro groups is 1. The lowest BCUT2D eigenvalue weighted by molar-refractivity contribution is -0.385. The summed E-state index contributed by atoms with van der Waals surface area (Å²) in [6.07, 6.45) is 0.813. The molecule has 104 valence electrons. The van der Waals surface area contributed by atoms with E-state index in [0.29, 0.717) is 6.54 Å². The van der Waals surface area contributed by atoms with E-state index in [1.54, 1.807) is 12.1 Å². The highest BCUT2D eigenvalue weighted by Crippen LogP contribution is 2.25. The first kappa shape index (κ1) is 14.9. The quantitative estimate of drug-likeness (QED) is 0.411. The molecule has 19 heavy (non-hydrogen) atoms. The van der Waals surface area contributed by atoms with E-state index >= 15 is 0 Å². The first-order chi connectivity index (χ1) is 9.15. The summed E-state index contributed by atoms with van der Waals surface area (Å²) >= 11 is 0. The largest absolute Gasteiger partial charge is 0.477 e. The summed E-state index contributed by atoms with van der Waals surface area (Å²) in [4.78, 5) is 21.6. The summed E-state index contributed by atoms with van der Waals surface area (Å²) in [5.41, 5.74) is -0.148. The highest BCUT2D eigenvalue weighted by molar-refractivity contribution is 5.77. The predicted octanol–water partition coefficient (Wildman–Crippen LogP) is 0.699. The fraction of sp³-hybridized carbons (Fsp3) is 0.417. The van der Waals surface area contributed by atoms with Crippen LogP contribution < -0.4 is 15.4 Å². The molecule has 0 aromatic heterocycles. The van der Waals surface area contributed by atoms with Crippen LogP contribution in [-0.2, 0) is 4.79 Å². The van der Waals surface area contributed by atoms with Crippen molar-refractivity contribution in [2.45, 2.75) is 6.42 Å². The van der Waals surface area contributed by atoms with Crippen molar-refractivity contribution >= 4 is 11.6 Å². The molecule has 1 amide bonds. The number of hydrogen-bond acceptors (Lipinski definition) is 5. The Morgan fingerprint density at radius 1 is 1.37 bits per heavy atom. The summed E-state index contributed by atoms with van der Waals surface area (Å²) in [5, 5.41) is 16.4. The SMILES string of the molecule is CNCCCNC(=O)COc1ccccc1[N+](=O)[O-]. The Balaban J connectivity index is 2.40. The van der Waals surface area contributed by atoms with E-state index in [1.807, 2.05) is 7.05 Å². The van der Waals surface area contributed by atoms with Gasteiger partial charge in [-0.3, -0.25) is 14.9 Å². The van der Waals surface area contributed by atoms with Gasteiger partial charge in [0.1, 0.15) is 0 Å². The summed E-state index contributed by atoms with van der Waals surface area (Å²) < 4.78 is 5.15. The minimum absolute atomic E-state index is 0.0953. The molecule has 7 nitrogen and oxygen atoms in total. The molecular weight excluding hydrogens is 250 g/mol. The minimum Gasteiger partial charge on any atom is -0.477 e. The van der Waals surface area contributed by atoms with Crippen LogP contribution in [0.1, 0.15) is 6.42 Å².